The van der Waals surface area contributed by atoms with Crippen molar-refractivity contribution in [1.29, 1.82) is 0 Å². The minimum Gasteiger partial charge on any atom is -0.314 e. The Hall–Kier alpha value is -0.130. The van der Waals surface area contributed by atoms with E-state index in [0.29, 0.717) is 6.04 Å². The van der Waals surface area contributed by atoms with Crippen LogP contribution in [0.15, 0.2) is 0 Å². The molecule has 0 rings (SSSR count). The average Bonchev–Trinajstić information content (AvgIpc) is 2.16. The maximum Gasteiger partial charge on any atom is 0.257 e. The van der Waals surface area contributed by atoms with Gasteiger partial charge in [-0.1, -0.05) is 26.7 Å². The molecule has 0 saturated carbocycles. The van der Waals surface area contributed by atoms with Crippen molar-refractivity contribution in [3.8, 4) is 0 Å². The minimum absolute atomic E-state index is 0.282. The summed E-state index contributed by atoms with van der Waals surface area (Å²) in [6.45, 7) is 7.73. The predicted octanol–water partition coefficient (Wildman–Crippen LogP) is 1.72. The SMILES string of the molecule is CC(C)CCCC(C)NCCCO[SH](=O)=O. The minimum atomic E-state index is -2.68. The fourth-order valence-corrected chi connectivity index (χ4v) is 1.77. The summed E-state index contributed by atoms with van der Waals surface area (Å²) in [6, 6.07) is 0.500. The molecular weight excluding hydrogens is 226 g/mol. The van der Waals surface area contributed by atoms with Gasteiger partial charge in [-0.3, -0.25) is 4.18 Å². The predicted molar refractivity (Wildman–Crippen MR) is 67.0 cm³/mol. The van der Waals surface area contributed by atoms with Crippen molar-refractivity contribution in [2.24, 2.45) is 5.92 Å². The zero-order valence-electron chi connectivity index (χ0n) is 10.6. The summed E-state index contributed by atoms with van der Waals surface area (Å²) in [5, 5.41) is 3.35. The number of hydrogen-bond donors (Lipinski definition) is 2. The van der Waals surface area contributed by atoms with Crippen molar-refractivity contribution in [2.45, 2.75) is 52.5 Å². The van der Waals surface area contributed by atoms with E-state index in [4.69, 9.17) is 0 Å². The van der Waals surface area contributed by atoms with E-state index in [1.165, 1.54) is 19.3 Å². The second kappa shape index (κ2) is 10.1. The van der Waals surface area contributed by atoms with Crippen LogP contribution in [0.25, 0.3) is 0 Å². The molecule has 98 valence electrons. The summed E-state index contributed by atoms with van der Waals surface area (Å²) in [6.07, 6.45) is 4.42. The largest absolute Gasteiger partial charge is 0.314 e. The average molecular weight is 251 g/mol. The van der Waals surface area contributed by atoms with Crippen LogP contribution >= 0.6 is 0 Å². The molecule has 4 nitrogen and oxygen atoms in total. The Bertz CT molecular complexity index is 221. The van der Waals surface area contributed by atoms with Crippen LogP contribution in [0.4, 0.5) is 0 Å². The zero-order valence-corrected chi connectivity index (χ0v) is 11.5. The van der Waals surface area contributed by atoms with E-state index < -0.39 is 11.0 Å². The smallest absolute Gasteiger partial charge is 0.257 e. The Morgan fingerprint density at radius 3 is 2.38 bits per heavy atom. The molecule has 0 aromatic carbocycles. The van der Waals surface area contributed by atoms with Gasteiger partial charge in [-0.15, -0.1) is 0 Å². The molecule has 0 spiro atoms. The van der Waals surface area contributed by atoms with E-state index in [1.807, 2.05) is 0 Å². The molecule has 0 aromatic rings. The van der Waals surface area contributed by atoms with Crippen molar-refractivity contribution in [3.05, 3.63) is 0 Å². The molecule has 0 aliphatic rings. The van der Waals surface area contributed by atoms with Crippen LogP contribution in [0.1, 0.15) is 46.5 Å². The Balaban J connectivity index is 3.26. The van der Waals surface area contributed by atoms with E-state index in [-0.39, 0.29) is 6.61 Å². The summed E-state index contributed by atoms with van der Waals surface area (Å²) in [5.41, 5.74) is 0. The molecule has 5 heteroatoms. The molecule has 0 aromatic heterocycles. The van der Waals surface area contributed by atoms with Gasteiger partial charge in [-0.25, -0.2) is 8.42 Å². The Morgan fingerprint density at radius 2 is 1.81 bits per heavy atom. The van der Waals surface area contributed by atoms with Gasteiger partial charge in [0.2, 0.25) is 0 Å². The number of rotatable bonds is 10. The van der Waals surface area contributed by atoms with Crippen LogP contribution in [0.5, 0.6) is 0 Å². The molecule has 0 aliphatic heterocycles. The third-order valence-corrected chi connectivity index (χ3v) is 2.82. The molecule has 1 unspecified atom stereocenters. The number of nitrogens with one attached hydrogen (secondary N) is 1. The van der Waals surface area contributed by atoms with Crippen LogP contribution in [-0.4, -0.2) is 27.6 Å². The summed E-state index contributed by atoms with van der Waals surface area (Å²) in [4.78, 5) is 0. The maximum atomic E-state index is 10.1. The van der Waals surface area contributed by atoms with Gasteiger partial charge in [0.25, 0.3) is 11.0 Å². The van der Waals surface area contributed by atoms with Gasteiger partial charge in [0, 0.05) is 6.04 Å². The molecule has 0 saturated heterocycles. The fraction of sp³-hybridized carbons (Fsp3) is 1.00. The first-order chi connectivity index (χ1) is 7.52. The zero-order chi connectivity index (χ0) is 12.4. The van der Waals surface area contributed by atoms with E-state index >= 15 is 0 Å². The van der Waals surface area contributed by atoms with Crippen molar-refractivity contribution < 1.29 is 12.6 Å². The third kappa shape index (κ3) is 11.9. The summed E-state index contributed by atoms with van der Waals surface area (Å²) in [7, 11) is -2.68. The first kappa shape index (κ1) is 15.9. The highest BCUT2D eigenvalue weighted by Crippen LogP contribution is 2.07. The van der Waals surface area contributed by atoms with Crippen molar-refractivity contribution in [1.82, 2.24) is 5.32 Å². The Labute approximate surface area is 101 Å². The lowest BCUT2D eigenvalue weighted by Gasteiger charge is -2.13. The van der Waals surface area contributed by atoms with Gasteiger partial charge in [-0.05, 0) is 32.2 Å². The van der Waals surface area contributed by atoms with Crippen molar-refractivity contribution in [2.75, 3.05) is 13.2 Å². The maximum absolute atomic E-state index is 10.1. The van der Waals surface area contributed by atoms with Gasteiger partial charge < -0.3 is 5.32 Å². The van der Waals surface area contributed by atoms with Gasteiger partial charge in [-0.2, -0.15) is 0 Å². The molecule has 1 N–H and O–H groups in total. The van der Waals surface area contributed by atoms with E-state index in [9.17, 15) is 8.42 Å². The van der Waals surface area contributed by atoms with Crippen LogP contribution in [0, 0.1) is 5.92 Å². The Kier molecular flexibility index (Phi) is 9.97. The third-order valence-electron chi connectivity index (χ3n) is 2.43. The molecule has 1 atom stereocenters. The van der Waals surface area contributed by atoms with Gasteiger partial charge in [0.05, 0.1) is 6.61 Å². The molecule has 0 fully saturated rings. The standard InChI is InChI=1S/C11H25NO3S/c1-10(2)6-4-7-11(3)12-8-5-9-15-16(13)14/h10-12,16H,4-9H2,1-3H3. The van der Waals surface area contributed by atoms with E-state index in [0.717, 1.165) is 18.9 Å². The topological polar surface area (TPSA) is 55.4 Å². The summed E-state index contributed by atoms with van der Waals surface area (Å²) >= 11 is 0. The molecule has 0 amide bonds. The van der Waals surface area contributed by atoms with Crippen LogP contribution in [-0.2, 0) is 15.2 Å². The quantitative estimate of drug-likeness (QED) is 0.458. The second-order valence-electron chi connectivity index (χ2n) is 4.59. The van der Waals surface area contributed by atoms with E-state index in [2.05, 4.69) is 30.3 Å². The highest BCUT2D eigenvalue weighted by Gasteiger charge is 2.01. The van der Waals surface area contributed by atoms with Crippen molar-refractivity contribution >= 4 is 11.0 Å². The molecule has 0 radical (unpaired) electrons. The first-order valence-electron chi connectivity index (χ1n) is 6.03. The lowest BCUT2D eigenvalue weighted by molar-refractivity contribution is 0.319. The van der Waals surface area contributed by atoms with Gasteiger partial charge in [0.1, 0.15) is 0 Å². The molecular formula is C11H25NO3S. The summed E-state index contributed by atoms with van der Waals surface area (Å²) in [5.74, 6) is 0.772. The molecule has 0 heterocycles. The monoisotopic (exact) mass is 251 g/mol. The van der Waals surface area contributed by atoms with Gasteiger partial charge in [0.15, 0.2) is 0 Å². The highest BCUT2D eigenvalue weighted by molar-refractivity contribution is 7.67. The normalized spacial score (nSPS) is 13.6. The fourth-order valence-electron chi connectivity index (χ4n) is 1.49. The summed E-state index contributed by atoms with van der Waals surface area (Å²) < 4.78 is 24.6. The molecule has 16 heavy (non-hydrogen) atoms. The highest BCUT2D eigenvalue weighted by atomic mass is 32.2. The van der Waals surface area contributed by atoms with Crippen LogP contribution in [0.3, 0.4) is 0 Å². The second-order valence-corrected chi connectivity index (χ2v) is 5.30. The van der Waals surface area contributed by atoms with Crippen LogP contribution in [0.2, 0.25) is 0 Å². The first-order valence-corrected chi connectivity index (χ1v) is 7.12. The van der Waals surface area contributed by atoms with Gasteiger partial charge >= 0.3 is 0 Å². The van der Waals surface area contributed by atoms with E-state index in [1.54, 1.807) is 0 Å². The van der Waals surface area contributed by atoms with Crippen LogP contribution < -0.4 is 5.32 Å². The lowest BCUT2D eigenvalue weighted by atomic mass is 10.0. The number of hydrogen-bond acceptors (Lipinski definition) is 4. The Morgan fingerprint density at radius 1 is 1.12 bits per heavy atom. The molecule has 0 bridgehead atoms. The number of thiol groups is 1. The molecule has 0 aliphatic carbocycles. The van der Waals surface area contributed by atoms with Crippen molar-refractivity contribution in [3.63, 3.8) is 0 Å². The lowest BCUT2D eigenvalue weighted by Crippen LogP contribution is -2.27.